The molecule has 0 aliphatic heterocycles. The van der Waals surface area contributed by atoms with Crippen molar-refractivity contribution in [2.75, 3.05) is 6.54 Å². The fraction of sp³-hybridized carbons (Fsp3) is 0.533. The highest BCUT2D eigenvalue weighted by Gasteiger charge is 2.36. The Morgan fingerprint density at radius 3 is 2.40 bits per heavy atom. The number of carbonyl (C=O) groups is 1. The van der Waals surface area contributed by atoms with Gasteiger partial charge < -0.3 is 11.1 Å². The van der Waals surface area contributed by atoms with Crippen molar-refractivity contribution in [3.05, 3.63) is 35.6 Å². The molecule has 1 amide bonds. The molecule has 1 aromatic rings. The molecular weight excluding hydrogens is 279 g/mol. The Labute approximate surface area is 125 Å². The molecule has 112 valence electrons. The van der Waals surface area contributed by atoms with Crippen molar-refractivity contribution >= 4 is 18.3 Å². The molecule has 1 aromatic carbocycles. The Bertz CT molecular complexity index is 442. The van der Waals surface area contributed by atoms with Crippen LogP contribution in [0.4, 0.5) is 4.39 Å². The van der Waals surface area contributed by atoms with Crippen LogP contribution in [-0.2, 0) is 10.2 Å². The molecule has 0 heterocycles. The van der Waals surface area contributed by atoms with Crippen LogP contribution in [0.15, 0.2) is 24.3 Å². The van der Waals surface area contributed by atoms with Crippen molar-refractivity contribution in [2.24, 2.45) is 5.73 Å². The number of nitrogens with two attached hydrogens (primary N) is 1. The number of hydrogen-bond acceptors (Lipinski definition) is 2. The van der Waals surface area contributed by atoms with E-state index in [-0.39, 0.29) is 29.5 Å². The van der Waals surface area contributed by atoms with Crippen molar-refractivity contribution in [2.45, 2.75) is 44.1 Å². The minimum Gasteiger partial charge on any atom is -0.354 e. The van der Waals surface area contributed by atoms with Crippen LogP contribution in [0.2, 0.25) is 0 Å². The largest absolute Gasteiger partial charge is 0.354 e. The van der Waals surface area contributed by atoms with Gasteiger partial charge in [0.15, 0.2) is 0 Å². The van der Waals surface area contributed by atoms with Gasteiger partial charge in [-0.2, -0.15) is 0 Å². The minimum absolute atomic E-state index is 0. The zero-order valence-corrected chi connectivity index (χ0v) is 12.5. The quantitative estimate of drug-likeness (QED) is 0.898. The highest BCUT2D eigenvalue weighted by molar-refractivity contribution is 5.85. The molecule has 0 radical (unpaired) electrons. The average Bonchev–Trinajstić information content (AvgIpc) is 2.86. The van der Waals surface area contributed by atoms with Crippen LogP contribution in [0, 0.1) is 5.82 Å². The highest BCUT2D eigenvalue weighted by Crippen LogP contribution is 2.40. The summed E-state index contributed by atoms with van der Waals surface area (Å²) in [7, 11) is 0. The molecule has 0 unspecified atom stereocenters. The Morgan fingerprint density at radius 1 is 1.35 bits per heavy atom. The fourth-order valence-corrected chi connectivity index (χ4v) is 2.84. The Balaban J connectivity index is 0.00000200. The molecule has 0 aromatic heterocycles. The van der Waals surface area contributed by atoms with Gasteiger partial charge in [-0.05, 0) is 37.5 Å². The van der Waals surface area contributed by atoms with Gasteiger partial charge in [-0.25, -0.2) is 4.39 Å². The lowest BCUT2D eigenvalue weighted by atomic mass is 9.78. The summed E-state index contributed by atoms with van der Waals surface area (Å²) in [5, 5.41) is 2.92. The summed E-state index contributed by atoms with van der Waals surface area (Å²) in [5.41, 5.74) is 6.61. The van der Waals surface area contributed by atoms with E-state index in [4.69, 9.17) is 5.73 Å². The third-order valence-electron chi connectivity index (χ3n) is 4.03. The van der Waals surface area contributed by atoms with Crippen molar-refractivity contribution in [3.63, 3.8) is 0 Å². The van der Waals surface area contributed by atoms with Gasteiger partial charge in [-0.15, -0.1) is 12.4 Å². The van der Waals surface area contributed by atoms with Crippen LogP contribution in [0.25, 0.3) is 0 Å². The van der Waals surface area contributed by atoms with Gasteiger partial charge in [0.05, 0.1) is 6.04 Å². The van der Waals surface area contributed by atoms with Crippen molar-refractivity contribution in [3.8, 4) is 0 Å². The molecule has 0 bridgehead atoms. The average molecular weight is 301 g/mol. The predicted molar refractivity (Wildman–Crippen MR) is 80.5 cm³/mol. The molecule has 1 aliphatic carbocycles. The summed E-state index contributed by atoms with van der Waals surface area (Å²) in [5.74, 6) is -0.357. The summed E-state index contributed by atoms with van der Waals surface area (Å²) >= 11 is 0. The number of hydrogen-bond donors (Lipinski definition) is 2. The summed E-state index contributed by atoms with van der Waals surface area (Å²) in [6, 6.07) is 6.15. The maximum Gasteiger partial charge on any atom is 0.236 e. The Morgan fingerprint density at radius 2 is 1.90 bits per heavy atom. The predicted octanol–water partition coefficient (Wildman–Crippen LogP) is 2.52. The van der Waals surface area contributed by atoms with E-state index in [2.05, 4.69) is 5.32 Å². The molecule has 1 aliphatic rings. The Kier molecular flexibility index (Phi) is 5.96. The van der Waals surface area contributed by atoms with Gasteiger partial charge in [0.25, 0.3) is 0 Å². The van der Waals surface area contributed by atoms with Crippen molar-refractivity contribution < 1.29 is 9.18 Å². The van der Waals surface area contributed by atoms with Crippen LogP contribution in [0.5, 0.6) is 0 Å². The maximum absolute atomic E-state index is 13.0. The number of rotatable bonds is 4. The third kappa shape index (κ3) is 3.70. The van der Waals surface area contributed by atoms with Crippen LogP contribution in [0.3, 0.4) is 0 Å². The molecule has 1 atom stereocenters. The van der Waals surface area contributed by atoms with E-state index in [1.807, 2.05) is 12.1 Å². The summed E-state index contributed by atoms with van der Waals surface area (Å²) in [6.45, 7) is 2.26. The molecule has 1 saturated carbocycles. The minimum atomic E-state index is -0.494. The SMILES string of the molecule is C[C@H](N)C(=O)NCC1(c2ccc(F)cc2)CCCC1.Cl. The van der Waals surface area contributed by atoms with Gasteiger partial charge >= 0.3 is 0 Å². The zero-order chi connectivity index (χ0) is 13.9. The fourth-order valence-electron chi connectivity index (χ4n) is 2.84. The van der Waals surface area contributed by atoms with Gasteiger partial charge in [0.1, 0.15) is 5.82 Å². The molecule has 20 heavy (non-hydrogen) atoms. The van der Waals surface area contributed by atoms with Crippen LogP contribution >= 0.6 is 12.4 Å². The van der Waals surface area contributed by atoms with Gasteiger partial charge in [-0.1, -0.05) is 25.0 Å². The number of halogens is 2. The lowest BCUT2D eigenvalue weighted by molar-refractivity contribution is -0.122. The molecule has 0 spiro atoms. The first-order valence-corrected chi connectivity index (χ1v) is 6.83. The molecule has 1 fully saturated rings. The standard InChI is InChI=1S/C15H21FN2O.ClH/c1-11(17)14(19)18-10-15(8-2-3-9-15)12-4-6-13(16)7-5-12;/h4-7,11H,2-3,8-10,17H2,1H3,(H,18,19);1H/t11-;/m0./s1. The number of amides is 1. The molecular formula is C15H22ClFN2O. The second-order valence-corrected chi connectivity index (χ2v) is 5.50. The number of nitrogens with one attached hydrogen (secondary N) is 1. The Hall–Kier alpha value is -1.13. The van der Waals surface area contributed by atoms with E-state index in [0.29, 0.717) is 6.54 Å². The van der Waals surface area contributed by atoms with Gasteiger partial charge in [-0.3, -0.25) is 4.79 Å². The molecule has 2 rings (SSSR count). The zero-order valence-electron chi connectivity index (χ0n) is 11.7. The van der Waals surface area contributed by atoms with E-state index in [1.165, 1.54) is 12.1 Å². The van der Waals surface area contributed by atoms with Crippen molar-refractivity contribution in [1.82, 2.24) is 5.32 Å². The van der Waals surface area contributed by atoms with E-state index in [0.717, 1.165) is 31.2 Å². The lowest BCUT2D eigenvalue weighted by Gasteiger charge is -2.30. The first kappa shape index (κ1) is 16.9. The molecule has 3 nitrogen and oxygen atoms in total. The molecule has 0 saturated heterocycles. The summed E-state index contributed by atoms with van der Waals surface area (Å²) in [4.78, 5) is 11.6. The highest BCUT2D eigenvalue weighted by atomic mass is 35.5. The second-order valence-electron chi connectivity index (χ2n) is 5.50. The second kappa shape index (κ2) is 7.04. The number of carbonyl (C=O) groups excluding carboxylic acids is 1. The normalized spacial score (nSPS) is 18.1. The lowest BCUT2D eigenvalue weighted by Crippen LogP contribution is -2.45. The first-order chi connectivity index (χ1) is 9.03. The van der Waals surface area contributed by atoms with Crippen LogP contribution in [0.1, 0.15) is 38.2 Å². The van der Waals surface area contributed by atoms with Crippen molar-refractivity contribution in [1.29, 1.82) is 0 Å². The third-order valence-corrected chi connectivity index (χ3v) is 4.03. The maximum atomic E-state index is 13.0. The van der Waals surface area contributed by atoms with Gasteiger partial charge in [0.2, 0.25) is 5.91 Å². The van der Waals surface area contributed by atoms with E-state index >= 15 is 0 Å². The van der Waals surface area contributed by atoms with E-state index < -0.39 is 6.04 Å². The van der Waals surface area contributed by atoms with Crippen LogP contribution < -0.4 is 11.1 Å². The monoisotopic (exact) mass is 300 g/mol. The topological polar surface area (TPSA) is 55.1 Å². The number of benzene rings is 1. The first-order valence-electron chi connectivity index (χ1n) is 6.83. The molecule has 3 N–H and O–H groups in total. The molecule has 5 heteroatoms. The summed E-state index contributed by atoms with van der Waals surface area (Å²) < 4.78 is 13.0. The van der Waals surface area contributed by atoms with E-state index in [9.17, 15) is 9.18 Å². The van der Waals surface area contributed by atoms with Crippen LogP contribution in [-0.4, -0.2) is 18.5 Å². The summed E-state index contributed by atoms with van der Waals surface area (Å²) in [6.07, 6.45) is 4.34. The smallest absolute Gasteiger partial charge is 0.236 e. The van der Waals surface area contributed by atoms with E-state index in [1.54, 1.807) is 6.92 Å². The van der Waals surface area contributed by atoms with Gasteiger partial charge in [0, 0.05) is 12.0 Å².